The second kappa shape index (κ2) is 8.35. The van der Waals surface area contributed by atoms with Gasteiger partial charge in [0.05, 0.1) is 18.3 Å². The fourth-order valence-electron chi connectivity index (χ4n) is 3.92. The van der Waals surface area contributed by atoms with Crippen molar-refractivity contribution in [2.24, 2.45) is 0 Å². The molecule has 164 valence electrons. The molecule has 3 aromatic carbocycles. The number of rotatable bonds is 6. The summed E-state index contributed by atoms with van der Waals surface area (Å²) in [5.41, 5.74) is 2.44. The van der Waals surface area contributed by atoms with Gasteiger partial charge in [0.15, 0.2) is 0 Å². The van der Waals surface area contributed by atoms with E-state index in [-0.39, 0.29) is 29.4 Å². The molecule has 0 aliphatic heterocycles. The van der Waals surface area contributed by atoms with Gasteiger partial charge in [0.1, 0.15) is 34.3 Å². The van der Waals surface area contributed by atoms with E-state index in [1.54, 1.807) is 12.1 Å². The molecule has 0 aliphatic carbocycles. The van der Waals surface area contributed by atoms with Crippen LogP contribution in [-0.2, 0) is 17.9 Å². The number of carbonyl (C=O) groups excluding carboxylic acids is 1. The number of para-hydroxylation sites is 1. The Morgan fingerprint density at radius 3 is 2.61 bits per heavy atom. The topological polar surface area (TPSA) is 77.1 Å². The lowest BCUT2D eigenvalue weighted by Crippen LogP contribution is -2.28. The Morgan fingerprint density at radius 2 is 1.79 bits per heavy atom. The molecule has 6 nitrogen and oxygen atoms in total. The van der Waals surface area contributed by atoms with E-state index in [0.29, 0.717) is 6.54 Å². The molecule has 0 bridgehead atoms. The van der Waals surface area contributed by atoms with Crippen LogP contribution >= 0.6 is 0 Å². The molecule has 33 heavy (non-hydrogen) atoms. The molecule has 0 saturated carbocycles. The molecule has 0 atom stereocenters. The molecular weight excluding hydrogens is 421 g/mol. The van der Waals surface area contributed by atoms with Crippen LogP contribution < -0.4 is 10.9 Å². The van der Waals surface area contributed by atoms with Crippen molar-refractivity contribution in [3.8, 4) is 11.4 Å². The standard InChI is InChI=1S/C26H20FN3O3/c1-16(31)15-30-25(20-7-2-4-8-21(20)27)29-14-22(26(30)32)28-13-17-10-11-19-18-6-3-5-9-23(18)33-24(19)12-17/h2-12,14,28H,13,15H2,1H3. The zero-order chi connectivity index (χ0) is 22.9. The molecule has 2 heterocycles. The van der Waals surface area contributed by atoms with Gasteiger partial charge in [-0.2, -0.15) is 0 Å². The number of anilines is 1. The van der Waals surface area contributed by atoms with Gasteiger partial charge in [-0.25, -0.2) is 9.37 Å². The number of benzene rings is 3. The molecule has 5 aromatic rings. The average Bonchev–Trinajstić information content (AvgIpc) is 3.18. The van der Waals surface area contributed by atoms with Crippen molar-refractivity contribution in [3.63, 3.8) is 0 Å². The fraction of sp³-hybridized carbons (Fsp3) is 0.115. The lowest BCUT2D eigenvalue weighted by atomic mass is 10.1. The number of hydrogen-bond acceptors (Lipinski definition) is 5. The van der Waals surface area contributed by atoms with Crippen LogP contribution in [0.4, 0.5) is 10.1 Å². The summed E-state index contributed by atoms with van der Waals surface area (Å²) >= 11 is 0. The predicted molar refractivity (Wildman–Crippen MR) is 126 cm³/mol. The Balaban J connectivity index is 1.47. The van der Waals surface area contributed by atoms with E-state index in [1.165, 1.54) is 29.8 Å². The summed E-state index contributed by atoms with van der Waals surface area (Å²) in [6.07, 6.45) is 1.38. The van der Waals surface area contributed by atoms with Crippen molar-refractivity contribution in [1.82, 2.24) is 9.55 Å². The molecule has 0 aliphatic rings. The van der Waals surface area contributed by atoms with Crippen molar-refractivity contribution in [1.29, 1.82) is 0 Å². The average molecular weight is 441 g/mol. The molecule has 0 spiro atoms. The molecule has 0 fully saturated rings. The van der Waals surface area contributed by atoms with Gasteiger partial charge in [-0.1, -0.05) is 42.5 Å². The van der Waals surface area contributed by atoms with E-state index in [9.17, 15) is 14.0 Å². The number of fused-ring (bicyclic) bond motifs is 3. The maximum atomic E-state index is 14.3. The summed E-state index contributed by atoms with van der Waals surface area (Å²) in [4.78, 5) is 29.2. The minimum absolute atomic E-state index is 0.113. The highest BCUT2D eigenvalue weighted by Gasteiger charge is 2.16. The van der Waals surface area contributed by atoms with E-state index in [1.807, 2.05) is 42.5 Å². The molecule has 7 heteroatoms. The van der Waals surface area contributed by atoms with Crippen molar-refractivity contribution < 1.29 is 13.6 Å². The summed E-state index contributed by atoms with van der Waals surface area (Å²) < 4.78 is 21.5. The second-order valence-electron chi connectivity index (χ2n) is 7.85. The summed E-state index contributed by atoms with van der Waals surface area (Å²) in [5.74, 6) is -0.631. The number of nitrogens with one attached hydrogen (secondary N) is 1. The third kappa shape index (κ3) is 3.89. The first kappa shape index (κ1) is 20.6. The first-order chi connectivity index (χ1) is 16.0. The number of halogens is 1. The predicted octanol–water partition coefficient (Wildman–Crippen LogP) is 5.15. The van der Waals surface area contributed by atoms with E-state index < -0.39 is 11.4 Å². The van der Waals surface area contributed by atoms with Crippen molar-refractivity contribution in [3.05, 3.63) is 94.7 Å². The number of aromatic nitrogens is 2. The summed E-state index contributed by atoms with van der Waals surface area (Å²) in [7, 11) is 0. The van der Waals surface area contributed by atoms with Gasteiger partial charge in [-0.15, -0.1) is 0 Å². The fourth-order valence-corrected chi connectivity index (χ4v) is 3.92. The Kier molecular flexibility index (Phi) is 5.22. The van der Waals surface area contributed by atoms with Crippen molar-refractivity contribution >= 4 is 33.4 Å². The monoisotopic (exact) mass is 441 g/mol. The number of carbonyl (C=O) groups is 1. The molecule has 0 radical (unpaired) electrons. The smallest absolute Gasteiger partial charge is 0.277 e. The zero-order valence-corrected chi connectivity index (χ0v) is 17.8. The van der Waals surface area contributed by atoms with E-state index in [4.69, 9.17) is 4.42 Å². The summed E-state index contributed by atoms with van der Waals surface area (Å²) in [5, 5.41) is 5.16. The van der Waals surface area contributed by atoms with Gasteiger partial charge in [-0.05, 0) is 36.8 Å². The lowest BCUT2D eigenvalue weighted by molar-refractivity contribution is -0.117. The number of hydrogen-bond donors (Lipinski definition) is 1. The third-order valence-electron chi connectivity index (χ3n) is 5.47. The number of nitrogens with zero attached hydrogens (tertiary/aromatic N) is 2. The first-order valence-electron chi connectivity index (χ1n) is 10.5. The van der Waals surface area contributed by atoms with Crippen LogP contribution in [0.25, 0.3) is 33.3 Å². The van der Waals surface area contributed by atoms with E-state index >= 15 is 0 Å². The van der Waals surface area contributed by atoms with Crippen LogP contribution in [0.1, 0.15) is 12.5 Å². The van der Waals surface area contributed by atoms with E-state index in [2.05, 4.69) is 10.3 Å². The molecule has 5 rings (SSSR count). The molecule has 0 saturated heterocycles. The SMILES string of the molecule is CC(=O)Cn1c(-c2ccccc2F)ncc(NCc2ccc3c(c2)oc2ccccc23)c1=O. The Morgan fingerprint density at radius 1 is 1.03 bits per heavy atom. The van der Waals surface area contributed by atoms with Gasteiger partial charge in [-0.3, -0.25) is 14.2 Å². The largest absolute Gasteiger partial charge is 0.456 e. The van der Waals surface area contributed by atoms with Gasteiger partial charge in [0, 0.05) is 17.3 Å². The Bertz CT molecular complexity index is 1570. The minimum Gasteiger partial charge on any atom is -0.456 e. The highest BCUT2D eigenvalue weighted by atomic mass is 19.1. The van der Waals surface area contributed by atoms with E-state index in [0.717, 1.165) is 27.5 Å². The second-order valence-corrected chi connectivity index (χ2v) is 7.85. The number of Topliss-reactive ketones (excluding diaryl/α,β-unsaturated/α-hetero) is 1. The van der Waals surface area contributed by atoms with Crippen LogP contribution in [0.5, 0.6) is 0 Å². The zero-order valence-electron chi connectivity index (χ0n) is 17.8. The van der Waals surface area contributed by atoms with Gasteiger partial charge in [0.25, 0.3) is 5.56 Å². The minimum atomic E-state index is -0.512. The molecule has 2 aromatic heterocycles. The van der Waals surface area contributed by atoms with Crippen molar-refractivity contribution in [2.75, 3.05) is 5.32 Å². The first-order valence-corrected chi connectivity index (χ1v) is 10.5. The molecular formula is C26H20FN3O3. The summed E-state index contributed by atoms with van der Waals surface area (Å²) in [6.45, 7) is 1.53. The molecule has 0 amide bonds. The molecule has 0 unspecified atom stereocenters. The van der Waals surface area contributed by atoms with Gasteiger partial charge < -0.3 is 9.73 Å². The number of furan rings is 1. The maximum absolute atomic E-state index is 14.3. The van der Waals surface area contributed by atoms with Gasteiger partial charge >= 0.3 is 0 Å². The van der Waals surface area contributed by atoms with Gasteiger partial charge in [0.2, 0.25) is 0 Å². The molecule has 1 N–H and O–H groups in total. The van der Waals surface area contributed by atoms with Crippen LogP contribution in [0.3, 0.4) is 0 Å². The Hall–Kier alpha value is -4.26. The van der Waals surface area contributed by atoms with Crippen LogP contribution in [0.15, 0.2) is 82.1 Å². The highest BCUT2D eigenvalue weighted by molar-refractivity contribution is 6.04. The van der Waals surface area contributed by atoms with Crippen molar-refractivity contribution in [2.45, 2.75) is 20.0 Å². The van der Waals surface area contributed by atoms with Crippen LogP contribution in [0.2, 0.25) is 0 Å². The van der Waals surface area contributed by atoms with Crippen LogP contribution in [0, 0.1) is 5.82 Å². The quantitative estimate of drug-likeness (QED) is 0.394. The van der Waals surface area contributed by atoms with Crippen LogP contribution in [-0.4, -0.2) is 15.3 Å². The normalized spacial score (nSPS) is 11.2. The highest BCUT2D eigenvalue weighted by Crippen LogP contribution is 2.29. The Labute approximate surface area is 188 Å². The maximum Gasteiger partial charge on any atom is 0.277 e. The lowest BCUT2D eigenvalue weighted by Gasteiger charge is -2.14. The summed E-state index contributed by atoms with van der Waals surface area (Å²) in [6, 6.07) is 19.8. The third-order valence-corrected chi connectivity index (χ3v) is 5.47. The number of ketones is 1.